The summed E-state index contributed by atoms with van der Waals surface area (Å²) in [5.41, 5.74) is -0.388. The maximum absolute atomic E-state index is 13.1. The number of ether oxygens (including phenoxy) is 12. The summed E-state index contributed by atoms with van der Waals surface area (Å²) in [6.45, 7) is 18.2. The molecule has 4 aliphatic carbocycles. The van der Waals surface area contributed by atoms with Crippen LogP contribution in [0.5, 0.6) is 0 Å². The lowest BCUT2D eigenvalue weighted by atomic mass is 9.43. The minimum Gasteiger partial charge on any atom is -0.457 e. The van der Waals surface area contributed by atoms with Crippen LogP contribution in [0.3, 0.4) is 0 Å². The van der Waals surface area contributed by atoms with Crippen LogP contribution in [0.4, 0.5) is 0 Å². The van der Waals surface area contributed by atoms with E-state index in [-0.39, 0.29) is 65.0 Å². The van der Waals surface area contributed by atoms with Crippen LogP contribution in [-0.4, -0.2) is 140 Å². The van der Waals surface area contributed by atoms with Crippen LogP contribution < -0.4 is 0 Å². The Morgan fingerprint density at radius 1 is 0.565 bits per heavy atom. The van der Waals surface area contributed by atoms with Gasteiger partial charge in [0.25, 0.3) is 0 Å². The van der Waals surface area contributed by atoms with Gasteiger partial charge in [0.1, 0.15) is 6.10 Å². The fraction of sp³-hybridized carbons (Fsp3) is 0.880. The second-order valence-corrected chi connectivity index (χ2v) is 22.0. The SMILES string of the molecule is CC(=O)O[C@@H]1[C@@H](OC(C)=O)[C@H](O[C@@H]2[C@@H](OC(C)=O)[C@H](O[C@H]3C[C@@H]4[C@H](CC[C@]5(C)[C@@H]6[C@H](C[C@@H]45)O[C@@]4(OC[C@@H](C)C[C@H]4OC(C)=O)[C@H]6C)[C@@]4(C)CC[C@H](O)C[C@H]34)O[C@H](C)[C@H]2OC(C)=O)OC[C@H]1OC(C)=O. The molecule has 4 saturated carbocycles. The average Bonchev–Trinajstić information content (AvgIpc) is 3.70. The maximum atomic E-state index is 13.1. The van der Waals surface area contributed by atoms with Gasteiger partial charge >= 0.3 is 35.8 Å². The highest BCUT2D eigenvalue weighted by Gasteiger charge is 2.72. The first kappa shape index (κ1) is 51.9. The zero-order chi connectivity index (χ0) is 50.1. The van der Waals surface area contributed by atoms with Gasteiger partial charge in [0.2, 0.25) is 5.79 Å². The predicted molar refractivity (Wildman–Crippen MR) is 236 cm³/mol. The molecule has 4 aliphatic heterocycles. The van der Waals surface area contributed by atoms with Gasteiger partial charge in [-0.15, -0.1) is 0 Å². The monoisotopic (exact) mass is 978 g/mol. The molecule has 19 heteroatoms. The van der Waals surface area contributed by atoms with E-state index in [1.54, 1.807) is 6.92 Å². The summed E-state index contributed by atoms with van der Waals surface area (Å²) in [4.78, 5) is 75.4. The molecular formula is C50H74O19. The summed E-state index contributed by atoms with van der Waals surface area (Å²) in [5, 5.41) is 11.3. The molecule has 8 rings (SSSR count). The van der Waals surface area contributed by atoms with E-state index in [4.69, 9.17) is 56.8 Å². The van der Waals surface area contributed by atoms with Crippen molar-refractivity contribution in [1.29, 1.82) is 0 Å². The summed E-state index contributed by atoms with van der Waals surface area (Å²) in [7, 11) is 0. The molecule has 1 spiro atoms. The predicted octanol–water partition coefficient (Wildman–Crippen LogP) is 4.48. The Balaban J connectivity index is 1.11. The lowest BCUT2D eigenvalue weighted by Gasteiger charge is -2.63. The van der Waals surface area contributed by atoms with Crippen molar-refractivity contribution in [2.45, 2.75) is 213 Å². The minimum absolute atomic E-state index is 0.0520. The van der Waals surface area contributed by atoms with Crippen LogP contribution in [0.25, 0.3) is 0 Å². The van der Waals surface area contributed by atoms with Crippen LogP contribution >= 0.6 is 0 Å². The number of hydrogen-bond acceptors (Lipinski definition) is 19. The second kappa shape index (κ2) is 19.9. The molecular weight excluding hydrogens is 905 g/mol. The van der Waals surface area contributed by atoms with E-state index in [9.17, 15) is 33.9 Å². The van der Waals surface area contributed by atoms with Gasteiger partial charge in [-0.25, -0.2) is 0 Å². The van der Waals surface area contributed by atoms with Gasteiger partial charge < -0.3 is 61.9 Å². The molecule has 8 aliphatic rings. The van der Waals surface area contributed by atoms with Crippen molar-refractivity contribution < 1.29 is 90.7 Å². The normalized spacial score (nSPS) is 47.8. The van der Waals surface area contributed by atoms with Gasteiger partial charge in [-0.1, -0.05) is 27.7 Å². The molecule has 1 N–H and O–H groups in total. The molecule has 23 atom stereocenters. The van der Waals surface area contributed by atoms with Crippen molar-refractivity contribution >= 4 is 35.8 Å². The minimum atomic E-state index is -1.54. The van der Waals surface area contributed by atoms with Crippen LogP contribution in [-0.2, 0) is 85.6 Å². The largest absolute Gasteiger partial charge is 0.457 e. The van der Waals surface area contributed by atoms with Crippen LogP contribution in [0.15, 0.2) is 0 Å². The maximum Gasteiger partial charge on any atom is 0.303 e. The fourth-order valence-electron chi connectivity index (χ4n) is 14.9. The first-order chi connectivity index (χ1) is 32.4. The smallest absolute Gasteiger partial charge is 0.303 e. The summed E-state index contributed by atoms with van der Waals surface area (Å²) in [5.74, 6) is -4.15. The Bertz CT molecular complexity index is 1960. The molecule has 8 fully saturated rings. The van der Waals surface area contributed by atoms with Gasteiger partial charge in [0.15, 0.2) is 49.2 Å². The zero-order valence-electron chi connectivity index (χ0n) is 41.9. The van der Waals surface area contributed by atoms with Crippen molar-refractivity contribution in [2.75, 3.05) is 13.2 Å². The first-order valence-corrected chi connectivity index (χ1v) is 25.1. The van der Waals surface area contributed by atoms with E-state index < -0.39 is 109 Å². The number of hydrogen-bond donors (Lipinski definition) is 1. The Kier molecular flexibility index (Phi) is 14.9. The van der Waals surface area contributed by atoms with Crippen LogP contribution in [0.1, 0.15) is 128 Å². The number of aliphatic hydroxyl groups is 1. The van der Waals surface area contributed by atoms with E-state index >= 15 is 0 Å². The molecule has 388 valence electrons. The van der Waals surface area contributed by atoms with Gasteiger partial charge in [-0.3, -0.25) is 28.8 Å². The molecule has 0 radical (unpaired) electrons. The average molecular weight is 979 g/mol. The van der Waals surface area contributed by atoms with E-state index in [2.05, 4.69) is 27.7 Å². The highest BCUT2D eigenvalue weighted by atomic mass is 16.8. The number of fused-ring (bicyclic) bond motifs is 7. The Labute approximate surface area is 404 Å². The van der Waals surface area contributed by atoms with Gasteiger partial charge in [0, 0.05) is 47.5 Å². The summed E-state index contributed by atoms with van der Waals surface area (Å²) in [6, 6.07) is 0. The van der Waals surface area contributed by atoms with E-state index in [1.165, 1.54) is 27.7 Å². The molecule has 0 aromatic heterocycles. The Morgan fingerprint density at radius 3 is 1.80 bits per heavy atom. The molecule has 0 amide bonds. The molecule has 0 aromatic rings. The Hall–Kier alpha value is -3.46. The number of carbonyl (C=O) groups excluding carboxylic acids is 6. The highest BCUT2D eigenvalue weighted by molar-refractivity contribution is 5.69. The molecule has 69 heavy (non-hydrogen) atoms. The number of carbonyl (C=O) groups is 6. The third-order valence-corrected chi connectivity index (χ3v) is 17.4. The van der Waals surface area contributed by atoms with Crippen molar-refractivity contribution in [3.8, 4) is 0 Å². The van der Waals surface area contributed by atoms with Crippen molar-refractivity contribution in [3.63, 3.8) is 0 Å². The van der Waals surface area contributed by atoms with Crippen molar-refractivity contribution in [2.24, 2.45) is 52.3 Å². The molecule has 0 aromatic carbocycles. The lowest BCUT2D eigenvalue weighted by Crippen LogP contribution is -2.66. The number of esters is 6. The van der Waals surface area contributed by atoms with E-state index in [0.29, 0.717) is 38.2 Å². The van der Waals surface area contributed by atoms with Crippen LogP contribution in [0, 0.1) is 52.3 Å². The van der Waals surface area contributed by atoms with E-state index in [0.717, 1.165) is 39.5 Å². The molecule has 4 saturated heterocycles. The third-order valence-electron chi connectivity index (χ3n) is 17.4. The second-order valence-electron chi connectivity index (χ2n) is 22.0. The quantitative estimate of drug-likeness (QED) is 0.181. The van der Waals surface area contributed by atoms with Crippen molar-refractivity contribution in [1.82, 2.24) is 0 Å². The van der Waals surface area contributed by atoms with Gasteiger partial charge in [-0.05, 0) is 105 Å². The van der Waals surface area contributed by atoms with Gasteiger partial charge in [-0.2, -0.15) is 0 Å². The highest BCUT2D eigenvalue weighted by Crippen LogP contribution is 2.72. The number of aliphatic hydroxyl groups excluding tert-OH is 1. The summed E-state index contributed by atoms with van der Waals surface area (Å²) < 4.78 is 74.7. The molecule has 0 bridgehead atoms. The van der Waals surface area contributed by atoms with E-state index in [1.807, 2.05) is 0 Å². The standard InChI is InChI=1S/C50H74O19/c1-22-16-39(62-26(5)52)50(59-20-22)23(2)40-37(69-50)19-34-32-18-36(35-17-31(57)12-14-48(35,10)33(32)13-15-49(34,40)11)67-47-45(66-30(9)56)43(41(24(3)60-47)63-27(6)53)68-46-44(65-29(8)55)42(64-28(7)54)38(21-58-46)61-25(4)51/h22-24,31-47,57H,12-21H2,1-11H3/t22-,23-,24+,31-,32+,33-,34-,35+,36-,37-,38+,39+,40-,41+,42-,43-,44+,45+,46-,47-,48+,49-,50-/m0/s1. The Morgan fingerprint density at radius 2 is 1.16 bits per heavy atom. The third kappa shape index (κ3) is 9.79. The van der Waals surface area contributed by atoms with Crippen molar-refractivity contribution in [3.05, 3.63) is 0 Å². The zero-order valence-corrected chi connectivity index (χ0v) is 41.9. The lowest BCUT2D eigenvalue weighted by molar-refractivity contribution is -0.358. The topological polar surface area (TPSA) is 233 Å². The van der Waals surface area contributed by atoms with Crippen LogP contribution in [0.2, 0.25) is 0 Å². The van der Waals surface area contributed by atoms with Gasteiger partial charge in [0.05, 0.1) is 37.6 Å². The fourth-order valence-corrected chi connectivity index (χ4v) is 14.9. The number of rotatable bonds is 10. The summed E-state index contributed by atoms with van der Waals surface area (Å²) >= 11 is 0. The summed E-state index contributed by atoms with van der Waals surface area (Å²) in [6.07, 6.45) is -7.60. The molecule has 0 unspecified atom stereocenters. The molecule has 19 nitrogen and oxygen atoms in total. The molecule has 4 heterocycles. The first-order valence-electron chi connectivity index (χ1n) is 25.1.